The Morgan fingerprint density at radius 1 is 1.55 bits per heavy atom. The summed E-state index contributed by atoms with van der Waals surface area (Å²) < 4.78 is 18.5. The molecule has 22 heavy (non-hydrogen) atoms. The van der Waals surface area contributed by atoms with Crippen molar-refractivity contribution >= 4 is 17.5 Å². The molecule has 1 fully saturated rings. The van der Waals surface area contributed by atoms with Crippen molar-refractivity contribution in [2.75, 3.05) is 33.4 Å². The van der Waals surface area contributed by atoms with E-state index in [1.807, 2.05) is 0 Å². The average molecular weight is 330 g/mol. The van der Waals surface area contributed by atoms with Gasteiger partial charge in [0.15, 0.2) is 0 Å². The smallest absolute Gasteiger partial charge is 0.255 e. The van der Waals surface area contributed by atoms with Crippen molar-refractivity contribution in [2.24, 2.45) is 5.41 Å². The molecule has 0 aliphatic carbocycles. The van der Waals surface area contributed by atoms with Crippen molar-refractivity contribution in [3.05, 3.63) is 34.6 Å². The van der Waals surface area contributed by atoms with Gasteiger partial charge in [0.1, 0.15) is 5.82 Å². The zero-order chi connectivity index (χ0) is 16.2. The van der Waals surface area contributed by atoms with Crippen LogP contribution < -0.4 is 0 Å². The number of rotatable bonds is 5. The normalized spacial score (nSPS) is 21.9. The van der Waals surface area contributed by atoms with Gasteiger partial charge in [0, 0.05) is 32.2 Å². The van der Waals surface area contributed by atoms with E-state index in [-0.39, 0.29) is 28.5 Å². The topological polar surface area (TPSA) is 49.8 Å². The number of carbonyl (C=O) groups is 1. The summed E-state index contributed by atoms with van der Waals surface area (Å²) in [6.45, 7) is 1.54. The second kappa shape index (κ2) is 7.40. The molecule has 1 saturated heterocycles. The Hall–Kier alpha value is -1.17. The van der Waals surface area contributed by atoms with Gasteiger partial charge in [0.05, 0.1) is 17.2 Å². The van der Waals surface area contributed by atoms with E-state index in [4.69, 9.17) is 16.3 Å². The Morgan fingerprint density at radius 3 is 3.00 bits per heavy atom. The average Bonchev–Trinajstić information content (AvgIpc) is 2.54. The van der Waals surface area contributed by atoms with Crippen molar-refractivity contribution in [3.8, 4) is 0 Å². The van der Waals surface area contributed by atoms with Crippen LogP contribution in [0.15, 0.2) is 18.2 Å². The molecule has 1 aromatic carbocycles. The molecule has 0 aromatic heterocycles. The second-order valence-corrected chi connectivity index (χ2v) is 6.26. The monoisotopic (exact) mass is 329 g/mol. The molecule has 1 aliphatic heterocycles. The summed E-state index contributed by atoms with van der Waals surface area (Å²) >= 11 is 6.02. The maximum absolute atomic E-state index is 13.4. The van der Waals surface area contributed by atoms with E-state index in [9.17, 15) is 14.3 Å². The Morgan fingerprint density at radius 2 is 2.32 bits per heavy atom. The number of methoxy groups -OCH3 is 1. The summed E-state index contributed by atoms with van der Waals surface area (Å²) in [6.07, 6.45) is 2.32. The number of benzene rings is 1. The summed E-state index contributed by atoms with van der Waals surface area (Å²) in [4.78, 5) is 14.3. The van der Waals surface area contributed by atoms with Crippen molar-refractivity contribution < 1.29 is 19.0 Å². The van der Waals surface area contributed by atoms with Crippen LogP contribution in [-0.4, -0.2) is 49.3 Å². The molecular formula is C16H21ClFNO3. The molecule has 1 amide bonds. The van der Waals surface area contributed by atoms with Gasteiger partial charge >= 0.3 is 0 Å². The van der Waals surface area contributed by atoms with Gasteiger partial charge in [-0.3, -0.25) is 4.79 Å². The Labute approximate surface area is 134 Å². The summed E-state index contributed by atoms with van der Waals surface area (Å²) in [7, 11) is 1.61. The molecular weight excluding hydrogens is 309 g/mol. The molecule has 1 aromatic rings. The van der Waals surface area contributed by atoms with Crippen molar-refractivity contribution in [2.45, 2.75) is 19.3 Å². The van der Waals surface area contributed by atoms with E-state index < -0.39 is 5.82 Å². The highest BCUT2D eigenvalue weighted by molar-refractivity contribution is 6.33. The molecule has 6 heteroatoms. The maximum Gasteiger partial charge on any atom is 0.255 e. The molecule has 122 valence electrons. The highest BCUT2D eigenvalue weighted by Crippen LogP contribution is 2.34. The lowest BCUT2D eigenvalue weighted by Gasteiger charge is -2.42. The van der Waals surface area contributed by atoms with Crippen LogP contribution in [0.4, 0.5) is 4.39 Å². The van der Waals surface area contributed by atoms with Gasteiger partial charge in [-0.15, -0.1) is 0 Å². The molecule has 2 rings (SSSR count). The van der Waals surface area contributed by atoms with Crippen LogP contribution in [-0.2, 0) is 4.74 Å². The highest BCUT2D eigenvalue weighted by atomic mass is 35.5. The van der Waals surface area contributed by atoms with E-state index in [2.05, 4.69) is 0 Å². The van der Waals surface area contributed by atoms with Gasteiger partial charge < -0.3 is 14.7 Å². The maximum atomic E-state index is 13.4. The van der Waals surface area contributed by atoms with Crippen LogP contribution in [0, 0.1) is 11.2 Å². The van der Waals surface area contributed by atoms with Crippen molar-refractivity contribution in [1.29, 1.82) is 0 Å². The van der Waals surface area contributed by atoms with Crippen LogP contribution in [0.5, 0.6) is 0 Å². The highest BCUT2D eigenvalue weighted by Gasteiger charge is 2.37. The van der Waals surface area contributed by atoms with E-state index in [0.29, 0.717) is 26.1 Å². The lowest BCUT2D eigenvalue weighted by atomic mass is 9.78. The van der Waals surface area contributed by atoms with Crippen LogP contribution in [0.1, 0.15) is 29.6 Å². The van der Waals surface area contributed by atoms with Crippen LogP contribution in [0.25, 0.3) is 0 Å². The number of likely N-dealkylation sites (tertiary alicyclic amines) is 1. The number of amides is 1. The first-order valence-electron chi connectivity index (χ1n) is 7.35. The quantitative estimate of drug-likeness (QED) is 0.903. The number of hydrogen-bond acceptors (Lipinski definition) is 3. The van der Waals surface area contributed by atoms with Crippen LogP contribution >= 0.6 is 11.6 Å². The number of hydrogen-bond donors (Lipinski definition) is 1. The fourth-order valence-electron chi connectivity index (χ4n) is 2.94. The van der Waals surface area contributed by atoms with Crippen molar-refractivity contribution in [3.63, 3.8) is 0 Å². The third-order valence-corrected chi connectivity index (χ3v) is 4.61. The molecule has 1 N–H and O–H groups in total. The van der Waals surface area contributed by atoms with E-state index in [0.717, 1.165) is 18.9 Å². The Balaban J connectivity index is 2.17. The number of piperidine rings is 1. The lowest BCUT2D eigenvalue weighted by molar-refractivity contribution is 0.00897. The number of aliphatic hydroxyl groups excluding tert-OH is 1. The van der Waals surface area contributed by atoms with E-state index >= 15 is 0 Å². The molecule has 1 aliphatic rings. The Kier molecular flexibility index (Phi) is 5.78. The summed E-state index contributed by atoms with van der Waals surface area (Å²) in [5.74, 6) is -0.781. The molecule has 1 atom stereocenters. The molecule has 4 nitrogen and oxygen atoms in total. The van der Waals surface area contributed by atoms with Gasteiger partial charge in [0.2, 0.25) is 0 Å². The molecule has 0 unspecified atom stereocenters. The first-order chi connectivity index (χ1) is 10.5. The number of halogens is 2. The third-order valence-electron chi connectivity index (χ3n) is 4.28. The number of nitrogens with zero attached hydrogens (tertiary/aromatic N) is 1. The first kappa shape index (κ1) is 17.2. The van der Waals surface area contributed by atoms with E-state index in [1.54, 1.807) is 12.0 Å². The molecule has 0 saturated carbocycles. The van der Waals surface area contributed by atoms with Gasteiger partial charge in [0.25, 0.3) is 5.91 Å². The van der Waals surface area contributed by atoms with Gasteiger partial charge in [-0.25, -0.2) is 4.39 Å². The predicted molar refractivity (Wildman–Crippen MR) is 82.6 cm³/mol. The minimum absolute atomic E-state index is 0.00295. The van der Waals surface area contributed by atoms with Crippen LogP contribution in [0.2, 0.25) is 5.02 Å². The SMILES string of the molecule is COCC[C@]1(CO)CCCN(C(=O)c2cc(F)ccc2Cl)C1. The largest absolute Gasteiger partial charge is 0.396 e. The van der Waals surface area contributed by atoms with Gasteiger partial charge in [-0.05, 0) is 37.5 Å². The fourth-order valence-corrected chi connectivity index (χ4v) is 3.14. The zero-order valence-electron chi connectivity index (χ0n) is 12.6. The van der Waals surface area contributed by atoms with Gasteiger partial charge in [-0.1, -0.05) is 11.6 Å². The number of carbonyl (C=O) groups excluding carboxylic acids is 1. The lowest BCUT2D eigenvalue weighted by Crippen LogP contribution is -2.48. The van der Waals surface area contributed by atoms with E-state index in [1.165, 1.54) is 12.1 Å². The minimum atomic E-state index is -0.488. The fraction of sp³-hybridized carbons (Fsp3) is 0.562. The second-order valence-electron chi connectivity index (χ2n) is 5.86. The Bertz CT molecular complexity index is 540. The summed E-state index contributed by atoms with van der Waals surface area (Å²) in [6, 6.07) is 3.78. The summed E-state index contributed by atoms with van der Waals surface area (Å²) in [5.41, 5.74) is -0.189. The number of aliphatic hydroxyl groups is 1. The minimum Gasteiger partial charge on any atom is -0.396 e. The summed E-state index contributed by atoms with van der Waals surface area (Å²) in [5, 5.41) is 10.00. The molecule has 0 radical (unpaired) electrons. The zero-order valence-corrected chi connectivity index (χ0v) is 13.4. The van der Waals surface area contributed by atoms with Crippen LogP contribution in [0.3, 0.4) is 0 Å². The number of ether oxygens (including phenoxy) is 1. The molecule has 0 spiro atoms. The molecule has 0 bridgehead atoms. The first-order valence-corrected chi connectivity index (χ1v) is 7.73. The standard InChI is InChI=1S/C16H21ClFNO3/c1-22-8-6-16(11-20)5-2-7-19(10-16)15(21)13-9-12(18)3-4-14(13)17/h3-4,9,20H,2,5-8,10-11H2,1H3/t16-/m1/s1. The predicted octanol–water partition coefficient (Wildman–Crippen LogP) is 2.73. The van der Waals surface area contributed by atoms with Gasteiger partial charge in [-0.2, -0.15) is 0 Å². The van der Waals surface area contributed by atoms with Crippen molar-refractivity contribution in [1.82, 2.24) is 4.90 Å². The molecule has 1 heterocycles. The third kappa shape index (κ3) is 3.77.